The van der Waals surface area contributed by atoms with Gasteiger partial charge in [0.2, 0.25) is 0 Å². The van der Waals surface area contributed by atoms with Crippen molar-refractivity contribution in [2.45, 2.75) is 55.3 Å². The van der Waals surface area contributed by atoms with Crippen LogP contribution in [0.5, 0.6) is 0 Å². The normalized spacial score (nSPS) is 27.4. The molecule has 32 heavy (non-hydrogen) atoms. The molecule has 2 fully saturated rings. The fraction of sp³-hybridized carbons (Fsp3) is 0.435. The number of rotatable bonds is 4. The predicted octanol–water partition coefficient (Wildman–Crippen LogP) is 4.89. The highest BCUT2D eigenvalue weighted by Gasteiger charge is 2.53. The number of amides is 1. The summed E-state index contributed by atoms with van der Waals surface area (Å²) in [5.41, 5.74) is -0.304. The highest BCUT2D eigenvalue weighted by atomic mass is 35.5. The molecule has 0 aromatic heterocycles. The lowest BCUT2D eigenvalue weighted by atomic mass is 9.76. The number of aliphatic hydroxyl groups is 1. The molecule has 4 rings (SSSR count). The van der Waals surface area contributed by atoms with Crippen molar-refractivity contribution in [2.24, 2.45) is 11.8 Å². The smallest absolute Gasteiger partial charge is 0.255 e. The summed E-state index contributed by atoms with van der Waals surface area (Å²) >= 11 is 6.30. The molecule has 0 radical (unpaired) electrons. The molecule has 2 aromatic carbocycles. The Morgan fingerprint density at radius 1 is 1.12 bits per heavy atom. The van der Waals surface area contributed by atoms with Crippen LogP contribution in [0.3, 0.4) is 0 Å². The Morgan fingerprint density at radius 2 is 1.75 bits per heavy atom. The van der Waals surface area contributed by atoms with E-state index < -0.39 is 38.2 Å². The average molecular weight is 484 g/mol. The van der Waals surface area contributed by atoms with Crippen LogP contribution in [0.1, 0.15) is 48.5 Å². The van der Waals surface area contributed by atoms with Gasteiger partial charge in [-0.3, -0.25) is 4.79 Å². The number of halogens is 3. The average Bonchev–Trinajstić information content (AvgIpc) is 2.87. The first kappa shape index (κ1) is 23.1. The van der Waals surface area contributed by atoms with Gasteiger partial charge in [0.05, 0.1) is 20.8 Å². The van der Waals surface area contributed by atoms with E-state index >= 15 is 0 Å². The van der Waals surface area contributed by atoms with Gasteiger partial charge in [-0.1, -0.05) is 11.6 Å². The number of benzene rings is 2. The molecule has 4 atom stereocenters. The largest absolute Gasteiger partial charge is 0.390 e. The third kappa shape index (κ3) is 3.93. The summed E-state index contributed by atoms with van der Waals surface area (Å²) < 4.78 is 53.6. The number of carbonyl (C=O) groups excluding carboxylic acids is 1. The zero-order valence-electron chi connectivity index (χ0n) is 17.7. The fourth-order valence-corrected chi connectivity index (χ4v) is 7.57. The van der Waals surface area contributed by atoms with E-state index in [0.29, 0.717) is 18.4 Å². The lowest BCUT2D eigenvalue weighted by molar-refractivity contribution is -0.0413. The van der Waals surface area contributed by atoms with Crippen LogP contribution in [0, 0.1) is 30.4 Å². The molecule has 2 aromatic rings. The number of fused-ring (bicyclic) bond motifs is 2. The number of hydrogen-bond donors (Lipinski definition) is 2. The van der Waals surface area contributed by atoms with Gasteiger partial charge in [-0.25, -0.2) is 17.2 Å². The van der Waals surface area contributed by atoms with Crippen molar-refractivity contribution in [3.8, 4) is 0 Å². The van der Waals surface area contributed by atoms with Gasteiger partial charge >= 0.3 is 0 Å². The molecule has 172 valence electrons. The molecule has 2 saturated carbocycles. The Balaban J connectivity index is 1.65. The Labute approximate surface area is 190 Å². The molecule has 3 unspecified atom stereocenters. The van der Waals surface area contributed by atoms with Gasteiger partial charge in [-0.15, -0.1) is 0 Å². The Bertz CT molecular complexity index is 1180. The van der Waals surface area contributed by atoms with Crippen molar-refractivity contribution in [3.05, 3.63) is 58.1 Å². The maximum absolute atomic E-state index is 13.5. The number of nitrogens with one attached hydrogen (secondary N) is 1. The van der Waals surface area contributed by atoms with Crippen molar-refractivity contribution in [1.82, 2.24) is 0 Å². The van der Waals surface area contributed by atoms with E-state index in [1.165, 1.54) is 18.2 Å². The third-order valence-corrected chi connectivity index (χ3v) is 9.70. The molecular formula is C23H24ClF2NO4S. The number of carbonyl (C=O) groups is 1. The number of hydrogen-bond acceptors (Lipinski definition) is 4. The molecular weight excluding hydrogens is 460 g/mol. The number of aryl methyl sites for hydroxylation is 1. The van der Waals surface area contributed by atoms with E-state index in [2.05, 4.69) is 5.32 Å². The second-order valence-electron chi connectivity index (χ2n) is 9.02. The van der Waals surface area contributed by atoms with Crippen LogP contribution in [0.25, 0.3) is 0 Å². The molecule has 0 aliphatic heterocycles. The molecule has 5 nitrogen and oxygen atoms in total. The Morgan fingerprint density at radius 3 is 2.34 bits per heavy atom. The van der Waals surface area contributed by atoms with Crippen molar-refractivity contribution in [3.63, 3.8) is 0 Å². The SMILES string of the molecule is Cc1cc(Cl)c(S(=O)(=O)C2CC3CC[C@H](C2)C3(C)O)cc1C(=O)Nc1ccc(F)c(F)c1. The highest BCUT2D eigenvalue weighted by Crippen LogP contribution is 2.51. The molecule has 2 bridgehead atoms. The summed E-state index contributed by atoms with van der Waals surface area (Å²) in [6.45, 7) is 3.39. The lowest BCUT2D eigenvalue weighted by Crippen LogP contribution is -2.45. The van der Waals surface area contributed by atoms with Crippen LogP contribution in [0.4, 0.5) is 14.5 Å². The van der Waals surface area contributed by atoms with Crippen LogP contribution in [0.2, 0.25) is 5.02 Å². The van der Waals surface area contributed by atoms with Crippen molar-refractivity contribution in [1.29, 1.82) is 0 Å². The second-order valence-corrected chi connectivity index (χ2v) is 11.6. The van der Waals surface area contributed by atoms with Gasteiger partial charge in [0, 0.05) is 17.3 Å². The quantitative estimate of drug-likeness (QED) is 0.648. The van der Waals surface area contributed by atoms with Gasteiger partial charge in [0.25, 0.3) is 5.91 Å². The minimum absolute atomic E-state index is 0.0246. The molecule has 1 amide bonds. The molecule has 0 heterocycles. The molecule has 2 aliphatic carbocycles. The summed E-state index contributed by atoms with van der Waals surface area (Å²) in [7, 11) is -3.86. The fourth-order valence-electron chi connectivity index (χ4n) is 5.08. The minimum Gasteiger partial charge on any atom is -0.390 e. The molecule has 2 aliphatic rings. The summed E-state index contributed by atoms with van der Waals surface area (Å²) in [6.07, 6.45) is 2.25. The van der Waals surface area contributed by atoms with E-state index in [-0.39, 0.29) is 33.0 Å². The van der Waals surface area contributed by atoms with E-state index in [1.807, 2.05) is 0 Å². The van der Waals surface area contributed by atoms with Crippen molar-refractivity contribution >= 4 is 33.0 Å². The van der Waals surface area contributed by atoms with Crippen LogP contribution in [-0.2, 0) is 9.84 Å². The summed E-state index contributed by atoms with van der Waals surface area (Å²) in [5.74, 6) is -3.00. The van der Waals surface area contributed by atoms with Gasteiger partial charge in [-0.2, -0.15) is 0 Å². The topological polar surface area (TPSA) is 83.5 Å². The number of anilines is 1. The van der Waals surface area contributed by atoms with Crippen LogP contribution >= 0.6 is 11.6 Å². The number of sulfone groups is 1. The second kappa shape index (κ2) is 8.08. The first-order valence-corrected chi connectivity index (χ1v) is 12.4. The third-order valence-electron chi connectivity index (χ3n) is 7.06. The molecule has 0 saturated heterocycles. The summed E-state index contributed by atoms with van der Waals surface area (Å²) in [5, 5.41) is 12.5. The van der Waals surface area contributed by atoms with Crippen LogP contribution in [0.15, 0.2) is 35.2 Å². The van der Waals surface area contributed by atoms with Gasteiger partial charge < -0.3 is 10.4 Å². The monoisotopic (exact) mass is 483 g/mol. The summed E-state index contributed by atoms with van der Waals surface area (Å²) in [4.78, 5) is 12.7. The molecule has 2 N–H and O–H groups in total. The van der Waals surface area contributed by atoms with Gasteiger partial charge in [0.15, 0.2) is 21.5 Å². The van der Waals surface area contributed by atoms with E-state index in [4.69, 9.17) is 11.6 Å². The first-order chi connectivity index (χ1) is 14.9. The zero-order valence-corrected chi connectivity index (χ0v) is 19.2. The Hall–Kier alpha value is -2.03. The van der Waals surface area contributed by atoms with Crippen molar-refractivity contribution in [2.75, 3.05) is 5.32 Å². The maximum Gasteiger partial charge on any atom is 0.255 e. The molecule has 9 heteroatoms. The van der Waals surface area contributed by atoms with Gasteiger partial charge in [0.1, 0.15) is 0 Å². The van der Waals surface area contributed by atoms with Crippen molar-refractivity contribution < 1.29 is 27.1 Å². The maximum atomic E-state index is 13.5. The standard InChI is InChI=1S/C23H24ClF2NO4S/c1-12-7-18(24)21(11-17(12)22(28)27-15-5-6-19(25)20(26)10-15)32(30,31)16-8-13-3-4-14(9-16)23(13,2)29/h5-7,10-11,13-14,16,29H,3-4,8-9H2,1-2H3,(H,27,28)/t13-,14?,16?,23?/m1/s1. The molecule has 0 spiro atoms. The minimum atomic E-state index is -3.86. The van der Waals surface area contributed by atoms with E-state index in [0.717, 1.165) is 25.0 Å². The van der Waals surface area contributed by atoms with Gasteiger partial charge in [-0.05, 0) is 81.2 Å². The van der Waals surface area contributed by atoms with Crippen LogP contribution in [-0.4, -0.2) is 30.3 Å². The zero-order chi connectivity index (χ0) is 23.4. The first-order valence-electron chi connectivity index (χ1n) is 10.4. The summed E-state index contributed by atoms with van der Waals surface area (Å²) in [6, 6.07) is 5.61. The lowest BCUT2D eigenvalue weighted by Gasteiger charge is -2.40. The van der Waals surface area contributed by atoms with Crippen LogP contribution < -0.4 is 5.32 Å². The van der Waals surface area contributed by atoms with E-state index in [9.17, 15) is 27.1 Å². The highest BCUT2D eigenvalue weighted by molar-refractivity contribution is 7.92. The van der Waals surface area contributed by atoms with E-state index in [1.54, 1.807) is 13.8 Å². The Kier molecular flexibility index (Phi) is 5.84. The predicted molar refractivity (Wildman–Crippen MR) is 118 cm³/mol.